The maximum absolute atomic E-state index is 13.3. The van der Waals surface area contributed by atoms with Crippen molar-refractivity contribution in [1.82, 2.24) is 9.55 Å². The summed E-state index contributed by atoms with van der Waals surface area (Å²) in [4.78, 5) is 18.0. The van der Waals surface area contributed by atoms with Crippen LogP contribution in [-0.4, -0.2) is 14.7 Å². The zero-order chi connectivity index (χ0) is 18.8. The van der Waals surface area contributed by atoms with Gasteiger partial charge in [-0.25, -0.2) is 4.98 Å². The predicted octanol–water partition coefficient (Wildman–Crippen LogP) is 4.04. The molecule has 26 heavy (non-hydrogen) atoms. The van der Waals surface area contributed by atoms with Crippen LogP contribution in [0.25, 0.3) is 16.6 Å². The van der Waals surface area contributed by atoms with Gasteiger partial charge in [-0.15, -0.1) is 0 Å². The van der Waals surface area contributed by atoms with Crippen molar-refractivity contribution < 1.29 is 5.11 Å². The monoisotopic (exact) mass is 347 g/mol. The SMILES string of the molecule is CCCc1c(O)ccc2c(=O)n(-c3ccc(C#N)cc3)c(C(C)C)nc12. The highest BCUT2D eigenvalue weighted by molar-refractivity contribution is 5.83. The van der Waals surface area contributed by atoms with Crippen LogP contribution in [0.5, 0.6) is 5.75 Å². The Hall–Kier alpha value is -3.13. The molecule has 0 saturated heterocycles. The van der Waals surface area contributed by atoms with Crippen molar-refractivity contribution in [3.05, 3.63) is 63.7 Å². The molecule has 0 fully saturated rings. The smallest absolute Gasteiger partial charge is 0.265 e. The number of hydrogen-bond donors (Lipinski definition) is 1. The molecule has 0 amide bonds. The molecule has 0 unspecified atom stereocenters. The van der Waals surface area contributed by atoms with Crippen molar-refractivity contribution in [2.24, 2.45) is 0 Å². The highest BCUT2D eigenvalue weighted by Crippen LogP contribution is 2.27. The standard InChI is InChI=1S/C21H21N3O2/c1-4-5-16-18(25)11-10-17-19(16)23-20(13(2)3)24(21(17)26)15-8-6-14(12-22)7-9-15/h6-11,13,25H,4-5H2,1-3H3. The van der Waals surface area contributed by atoms with Gasteiger partial charge in [-0.05, 0) is 42.8 Å². The lowest BCUT2D eigenvalue weighted by molar-refractivity contribution is 0.468. The maximum atomic E-state index is 13.3. The fourth-order valence-corrected chi connectivity index (χ4v) is 3.13. The lowest BCUT2D eigenvalue weighted by atomic mass is 10.0. The number of aromatic nitrogens is 2. The van der Waals surface area contributed by atoms with Gasteiger partial charge in [0.15, 0.2) is 0 Å². The number of nitriles is 1. The zero-order valence-electron chi connectivity index (χ0n) is 15.2. The third kappa shape index (κ3) is 2.95. The normalized spacial score (nSPS) is 11.0. The van der Waals surface area contributed by atoms with Gasteiger partial charge in [0.05, 0.1) is 28.2 Å². The van der Waals surface area contributed by atoms with Crippen molar-refractivity contribution in [1.29, 1.82) is 5.26 Å². The van der Waals surface area contributed by atoms with Crippen LogP contribution in [-0.2, 0) is 6.42 Å². The molecule has 5 heteroatoms. The van der Waals surface area contributed by atoms with Gasteiger partial charge in [0.1, 0.15) is 11.6 Å². The van der Waals surface area contributed by atoms with E-state index in [9.17, 15) is 9.90 Å². The lowest BCUT2D eigenvalue weighted by Gasteiger charge is -2.17. The van der Waals surface area contributed by atoms with Crippen LogP contribution in [0.15, 0.2) is 41.2 Å². The Morgan fingerprint density at radius 2 is 1.88 bits per heavy atom. The third-order valence-corrected chi connectivity index (χ3v) is 4.42. The summed E-state index contributed by atoms with van der Waals surface area (Å²) in [5.41, 5.74) is 2.34. The second-order valence-corrected chi connectivity index (χ2v) is 6.63. The lowest BCUT2D eigenvalue weighted by Crippen LogP contribution is -2.25. The fourth-order valence-electron chi connectivity index (χ4n) is 3.13. The first-order valence-corrected chi connectivity index (χ1v) is 8.76. The van der Waals surface area contributed by atoms with E-state index >= 15 is 0 Å². The summed E-state index contributed by atoms with van der Waals surface area (Å²) in [6.45, 7) is 5.99. The molecule has 3 rings (SSSR count). The molecule has 2 aromatic carbocycles. The number of hydrogen-bond acceptors (Lipinski definition) is 4. The molecule has 1 aromatic heterocycles. The Morgan fingerprint density at radius 1 is 1.19 bits per heavy atom. The highest BCUT2D eigenvalue weighted by atomic mass is 16.3. The summed E-state index contributed by atoms with van der Waals surface area (Å²) >= 11 is 0. The summed E-state index contributed by atoms with van der Waals surface area (Å²) in [6, 6.07) is 12.2. The minimum absolute atomic E-state index is 0.0135. The van der Waals surface area contributed by atoms with Crippen molar-refractivity contribution in [2.45, 2.75) is 39.5 Å². The first-order valence-electron chi connectivity index (χ1n) is 8.76. The molecular formula is C21H21N3O2. The third-order valence-electron chi connectivity index (χ3n) is 4.42. The molecule has 0 aliphatic rings. The summed E-state index contributed by atoms with van der Waals surface area (Å²) in [6.07, 6.45) is 1.51. The van der Waals surface area contributed by atoms with E-state index in [-0.39, 0.29) is 17.2 Å². The van der Waals surface area contributed by atoms with Crippen molar-refractivity contribution >= 4 is 10.9 Å². The van der Waals surface area contributed by atoms with Gasteiger partial charge in [-0.2, -0.15) is 5.26 Å². The van der Waals surface area contributed by atoms with Crippen molar-refractivity contribution in [2.75, 3.05) is 0 Å². The first kappa shape index (κ1) is 17.7. The molecule has 0 spiro atoms. The quantitative estimate of drug-likeness (QED) is 0.772. The molecule has 0 atom stereocenters. The van der Waals surface area contributed by atoms with Gasteiger partial charge in [-0.1, -0.05) is 27.2 Å². The summed E-state index contributed by atoms with van der Waals surface area (Å²) in [7, 11) is 0. The minimum Gasteiger partial charge on any atom is -0.508 e. The van der Waals surface area contributed by atoms with Crippen LogP contribution in [0, 0.1) is 11.3 Å². The van der Waals surface area contributed by atoms with Crippen LogP contribution >= 0.6 is 0 Å². The van der Waals surface area contributed by atoms with Gasteiger partial charge in [-0.3, -0.25) is 9.36 Å². The molecule has 0 aliphatic heterocycles. The molecule has 3 aromatic rings. The van der Waals surface area contributed by atoms with Crippen molar-refractivity contribution in [3.63, 3.8) is 0 Å². The Morgan fingerprint density at radius 3 is 2.46 bits per heavy atom. The number of rotatable bonds is 4. The molecule has 0 radical (unpaired) electrons. The molecule has 0 aliphatic carbocycles. The number of nitrogens with zero attached hydrogens (tertiary/aromatic N) is 3. The molecule has 1 N–H and O–H groups in total. The summed E-state index contributed by atoms with van der Waals surface area (Å²) < 4.78 is 1.60. The second-order valence-electron chi connectivity index (χ2n) is 6.63. The van der Waals surface area contributed by atoms with Gasteiger partial charge in [0.25, 0.3) is 5.56 Å². The van der Waals surface area contributed by atoms with E-state index in [1.54, 1.807) is 41.0 Å². The van der Waals surface area contributed by atoms with Crippen LogP contribution in [0.2, 0.25) is 0 Å². The zero-order valence-corrected chi connectivity index (χ0v) is 15.2. The summed E-state index contributed by atoms with van der Waals surface area (Å²) in [5.74, 6) is 0.826. The number of aryl methyl sites for hydroxylation is 1. The van der Waals surface area contributed by atoms with Crippen LogP contribution in [0.3, 0.4) is 0 Å². The largest absolute Gasteiger partial charge is 0.508 e. The van der Waals surface area contributed by atoms with E-state index < -0.39 is 0 Å². The Labute approximate surface area is 152 Å². The van der Waals surface area contributed by atoms with E-state index in [4.69, 9.17) is 10.2 Å². The average Bonchev–Trinajstić information content (AvgIpc) is 2.64. The molecule has 0 bridgehead atoms. The molecule has 5 nitrogen and oxygen atoms in total. The van der Waals surface area contributed by atoms with E-state index in [0.717, 1.165) is 12.0 Å². The molecule has 1 heterocycles. The average molecular weight is 347 g/mol. The first-order chi connectivity index (χ1) is 12.5. The number of fused-ring (bicyclic) bond motifs is 1. The van der Waals surface area contributed by atoms with Crippen LogP contribution in [0.4, 0.5) is 0 Å². The topological polar surface area (TPSA) is 78.9 Å². The number of phenols is 1. The van der Waals surface area contributed by atoms with E-state index in [1.807, 2.05) is 20.8 Å². The molecule has 0 saturated carbocycles. The van der Waals surface area contributed by atoms with Crippen LogP contribution in [0.1, 0.15) is 50.1 Å². The van der Waals surface area contributed by atoms with Gasteiger partial charge < -0.3 is 5.11 Å². The Balaban J connectivity index is 2.38. The van der Waals surface area contributed by atoms with E-state index in [1.165, 1.54) is 0 Å². The maximum Gasteiger partial charge on any atom is 0.265 e. The van der Waals surface area contributed by atoms with E-state index in [0.29, 0.717) is 34.4 Å². The van der Waals surface area contributed by atoms with Gasteiger partial charge in [0.2, 0.25) is 0 Å². The number of aromatic hydroxyl groups is 1. The fraction of sp³-hybridized carbons (Fsp3) is 0.286. The Bertz CT molecular complexity index is 1060. The predicted molar refractivity (Wildman–Crippen MR) is 102 cm³/mol. The minimum atomic E-state index is -0.166. The number of phenolic OH excluding ortho intramolecular Hbond substituents is 1. The van der Waals surface area contributed by atoms with E-state index in [2.05, 4.69) is 6.07 Å². The van der Waals surface area contributed by atoms with Gasteiger partial charge in [0, 0.05) is 11.5 Å². The molecular weight excluding hydrogens is 326 g/mol. The number of benzene rings is 2. The molecule has 132 valence electrons. The highest BCUT2D eigenvalue weighted by Gasteiger charge is 2.18. The summed E-state index contributed by atoms with van der Waals surface area (Å²) in [5, 5.41) is 19.7. The van der Waals surface area contributed by atoms with Gasteiger partial charge >= 0.3 is 0 Å². The second kappa shape index (κ2) is 7.01. The van der Waals surface area contributed by atoms with Crippen molar-refractivity contribution in [3.8, 4) is 17.5 Å². The van der Waals surface area contributed by atoms with Crippen LogP contribution < -0.4 is 5.56 Å². The Kier molecular flexibility index (Phi) is 4.77.